The van der Waals surface area contributed by atoms with Crippen molar-refractivity contribution in [1.82, 2.24) is 5.32 Å². The molecule has 4 heteroatoms. The summed E-state index contributed by atoms with van der Waals surface area (Å²) >= 11 is 0. The molecule has 4 nitrogen and oxygen atoms in total. The zero-order valence-corrected chi connectivity index (χ0v) is 10.9. The minimum absolute atomic E-state index is 0.0435. The number of anilines is 1. The van der Waals surface area contributed by atoms with Crippen LogP contribution in [0.15, 0.2) is 24.3 Å². The lowest BCUT2D eigenvalue weighted by atomic mass is 9.88. The van der Waals surface area contributed by atoms with Gasteiger partial charge in [0.05, 0.1) is 6.61 Å². The number of hydrogen-bond acceptors (Lipinski definition) is 3. The molecule has 0 aromatic heterocycles. The minimum atomic E-state index is 0.0435. The standard InChI is InChI=1S/C14H20N2O2/c1-3-18-13-6-4-5-12(7-13)16-14(17)10(2)11-8-15-9-11/h4-7,10-11,15H,3,8-9H2,1-2H3,(H,16,17). The van der Waals surface area contributed by atoms with Gasteiger partial charge >= 0.3 is 0 Å². The molecule has 1 aromatic rings. The van der Waals surface area contributed by atoms with Crippen molar-refractivity contribution in [3.05, 3.63) is 24.3 Å². The van der Waals surface area contributed by atoms with Gasteiger partial charge in [0.25, 0.3) is 0 Å². The molecule has 0 spiro atoms. The maximum Gasteiger partial charge on any atom is 0.227 e. The van der Waals surface area contributed by atoms with Gasteiger partial charge in [-0.05, 0) is 38.1 Å². The Morgan fingerprint density at radius 1 is 1.56 bits per heavy atom. The van der Waals surface area contributed by atoms with E-state index in [1.807, 2.05) is 38.1 Å². The van der Waals surface area contributed by atoms with Crippen molar-refractivity contribution in [1.29, 1.82) is 0 Å². The highest BCUT2D eigenvalue weighted by Gasteiger charge is 2.28. The van der Waals surface area contributed by atoms with Gasteiger partial charge in [-0.15, -0.1) is 0 Å². The molecule has 1 saturated heterocycles. The van der Waals surface area contributed by atoms with Gasteiger partial charge in [0.1, 0.15) is 5.75 Å². The van der Waals surface area contributed by atoms with Gasteiger partial charge in [-0.2, -0.15) is 0 Å². The summed E-state index contributed by atoms with van der Waals surface area (Å²) in [5.41, 5.74) is 0.796. The van der Waals surface area contributed by atoms with Gasteiger partial charge in [0.2, 0.25) is 5.91 Å². The van der Waals surface area contributed by atoms with E-state index in [1.54, 1.807) is 0 Å². The molecule has 1 aliphatic rings. The van der Waals surface area contributed by atoms with E-state index in [-0.39, 0.29) is 11.8 Å². The van der Waals surface area contributed by atoms with Crippen LogP contribution in [-0.2, 0) is 4.79 Å². The Kier molecular flexibility index (Phi) is 4.20. The molecule has 1 aromatic carbocycles. The van der Waals surface area contributed by atoms with E-state index in [0.29, 0.717) is 12.5 Å². The Hall–Kier alpha value is -1.55. The largest absolute Gasteiger partial charge is 0.494 e. The summed E-state index contributed by atoms with van der Waals surface area (Å²) < 4.78 is 5.41. The van der Waals surface area contributed by atoms with Crippen LogP contribution in [0.1, 0.15) is 13.8 Å². The fraction of sp³-hybridized carbons (Fsp3) is 0.500. The van der Waals surface area contributed by atoms with Gasteiger partial charge in [0.15, 0.2) is 0 Å². The summed E-state index contributed by atoms with van der Waals surface area (Å²) in [5, 5.41) is 6.13. The van der Waals surface area contributed by atoms with E-state index in [0.717, 1.165) is 24.5 Å². The lowest BCUT2D eigenvalue weighted by molar-refractivity contribution is -0.121. The van der Waals surface area contributed by atoms with Gasteiger partial charge < -0.3 is 15.4 Å². The summed E-state index contributed by atoms with van der Waals surface area (Å²) in [6.07, 6.45) is 0. The number of ether oxygens (including phenoxy) is 1. The van der Waals surface area contributed by atoms with Crippen LogP contribution in [0.2, 0.25) is 0 Å². The summed E-state index contributed by atoms with van der Waals surface area (Å²) in [6, 6.07) is 7.51. The van der Waals surface area contributed by atoms with Crippen molar-refractivity contribution >= 4 is 11.6 Å². The molecule has 0 bridgehead atoms. The first-order valence-electron chi connectivity index (χ1n) is 6.45. The summed E-state index contributed by atoms with van der Waals surface area (Å²) in [4.78, 5) is 12.0. The van der Waals surface area contributed by atoms with Crippen LogP contribution in [0.25, 0.3) is 0 Å². The topological polar surface area (TPSA) is 50.4 Å². The number of benzene rings is 1. The molecular weight excluding hydrogens is 228 g/mol. The molecule has 18 heavy (non-hydrogen) atoms. The third kappa shape index (κ3) is 3.01. The van der Waals surface area contributed by atoms with E-state index in [4.69, 9.17) is 4.74 Å². The molecule has 0 radical (unpaired) electrons. The molecular formula is C14H20N2O2. The maximum atomic E-state index is 12.0. The van der Waals surface area contributed by atoms with Gasteiger partial charge in [-0.3, -0.25) is 4.79 Å². The molecule has 0 saturated carbocycles. The van der Waals surface area contributed by atoms with Crippen molar-refractivity contribution in [3.8, 4) is 5.75 Å². The van der Waals surface area contributed by atoms with E-state index >= 15 is 0 Å². The zero-order valence-electron chi connectivity index (χ0n) is 10.9. The second kappa shape index (κ2) is 5.87. The molecule has 1 heterocycles. The number of rotatable bonds is 5. The quantitative estimate of drug-likeness (QED) is 0.836. The molecule has 1 fully saturated rings. The molecule has 1 atom stereocenters. The third-order valence-corrected chi connectivity index (χ3v) is 3.35. The molecule has 0 aliphatic carbocycles. The predicted molar refractivity (Wildman–Crippen MR) is 71.8 cm³/mol. The number of nitrogens with one attached hydrogen (secondary N) is 2. The van der Waals surface area contributed by atoms with E-state index in [9.17, 15) is 4.79 Å². The molecule has 1 amide bonds. The molecule has 2 N–H and O–H groups in total. The Balaban J connectivity index is 1.95. The average molecular weight is 248 g/mol. The zero-order chi connectivity index (χ0) is 13.0. The van der Waals surface area contributed by atoms with Gasteiger partial charge in [0, 0.05) is 17.7 Å². The first-order chi connectivity index (χ1) is 8.70. The molecule has 1 aliphatic heterocycles. The van der Waals surface area contributed by atoms with Crippen LogP contribution >= 0.6 is 0 Å². The fourth-order valence-corrected chi connectivity index (χ4v) is 1.97. The van der Waals surface area contributed by atoms with Crippen molar-refractivity contribution in [2.24, 2.45) is 11.8 Å². The number of amides is 1. The highest BCUT2D eigenvalue weighted by Crippen LogP contribution is 2.21. The summed E-state index contributed by atoms with van der Waals surface area (Å²) in [6.45, 7) is 6.42. The van der Waals surface area contributed by atoms with Crippen molar-refractivity contribution in [3.63, 3.8) is 0 Å². The van der Waals surface area contributed by atoms with Crippen LogP contribution in [0, 0.1) is 11.8 Å². The van der Waals surface area contributed by atoms with Crippen molar-refractivity contribution in [2.75, 3.05) is 25.0 Å². The van der Waals surface area contributed by atoms with Crippen LogP contribution in [0.5, 0.6) is 5.75 Å². The normalized spacial score (nSPS) is 16.8. The predicted octanol–water partition coefficient (Wildman–Crippen LogP) is 1.88. The molecule has 1 unspecified atom stereocenters. The van der Waals surface area contributed by atoms with Crippen LogP contribution in [0.3, 0.4) is 0 Å². The molecule has 98 valence electrons. The smallest absolute Gasteiger partial charge is 0.227 e. The Labute approximate surface area is 108 Å². The Bertz CT molecular complexity index is 416. The minimum Gasteiger partial charge on any atom is -0.494 e. The third-order valence-electron chi connectivity index (χ3n) is 3.35. The highest BCUT2D eigenvalue weighted by molar-refractivity contribution is 5.92. The van der Waals surface area contributed by atoms with Crippen molar-refractivity contribution in [2.45, 2.75) is 13.8 Å². The average Bonchev–Trinajstić information content (AvgIpc) is 2.27. The Morgan fingerprint density at radius 3 is 2.94 bits per heavy atom. The lowest BCUT2D eigenvalue weighted by Crippen LogP contribution is -2.48. The van der Waals surface area contributed by atoms with Gasteiger partial charge in [-0.25, -0.2) is 0 Å². The lowest BCUT2D eigenvalue weighted by Gasteiger charge is -2.31. The second-order valence-electron chi connectivity index (χ2n) is 4.66. The summed E-state index contributed by atoms with van der Waals surface area (Å²) in [5.74, 6) is 1.37. The maximum absolute atomic E-state index is 12.0. The monoisotopic (exact) mass is 248 g/mol. The highest BCUT2D eigenvalue weighted by atomic mass is 16.5. The van der Waals surface area contributed by atoms with E-state index < -0.39 is 0 Å². The SMILES string of the molecule is CCOc1cccc(NC(=O)C(C)C2CNC2)c1. The van der Waals surface area contributed by atoms with Crippen LogP contribution in [0.4, 0.5) is 5.69 Å². The van der Waals surface area contributed by atoms with Crippen LogP contribution < -0.4 is 15.4 Å². The van der Waals surface area contributed by atoms with Crippen LogP contribution in [-0.4, -0.2) is 25.6 Å². The second-order valence-corrected chi connectivity index (χ2v) is 4.66. The van der Waals surface area contributed by atoms with E-state index in [1.165, 1.54) is 0 Å². The summed E-state index contributed by atoms with van der Waals surface area (Å²) in [7, 11) is 0. The fourth-order valence-electron chi connectivity index (χ4n) is 1.97. The Morgan fingerprint density at radius 2 is 2.33 bits per heavy atom. The number of carbonyl (C=O) groups excluding carboxylic acids is 1. The first kappa shape index (κ1) is 12.9. The number of hydrogen-bond donors (Lipinski definition) is 2. The van der Waals surface area contributed by atoms with Crippen molar-refractivity contribution < 1.29 is 9.53 Å². The number of carbonyl (C=O) groups is 1. The first-order valence-corrected chi connectivity index (χ1v) is 6.45. The van der Waals surface area contributed by atoms with E-state index in [2.05, 4.69) is 10.6 Å². The van der Waals surface area contributed by atoms with Gasteiger partial charge in [-0.1, -0.05) is 13.0 Å². The molecule has 2 rings (SSSR count).